The number of carbonyl (C=O) groups is 3. The largest absolute Gasteiger partial charge is 0.370 e. The second kappa shape index (κ2) is 10.4. The van der Waals surface area contributed by atoms with Crippen molar-refractivity contribution in [3.63, 3.8) is 0 Å². The van der Waals surface area contributed by atoms with Crippen molar-refractivity contribution in [2.75, 3.05) is 36.5 Å². The minimum atomic E-state index is -0.569. The predicted molar refractivity (Wildman–Crippen MR) is 124 cm³/mol. The Hall–Kier alpha value is -2.46. The summed E-state index contributed by atoms with van der Waals surface area (Å²) in [4.78, 5) is 39.5. The van der Waals surface area contributed by atoms with Gasteiger partial charge in [-0.25, -0.2) is 0 Å². The van der Waals surface area contributed by atoms with Crippen LogP contribution in [0.4, 0.5) is 11.4 Å². The minimum absolute atomic E-state index is 0.0798. The molecule has 2 fully saturated rings. The first-order valence-corrected chi connectivity index (χ1v) is 11.8. The number of amides is 3. The predicted octanol–water partition coefficient (Wildman–Crippen LogP) is 2.64. The fourth-order valence-electron chi connectivity index (χ4n) is 3.55. The Morgan fingerprint density at radius 2 is 1.97 bits per heavy atom. The molecule has 0 unspecified atom stereocenters. The Bertz CT molecular complexity index is 977. The summed E-state index contributed by atoms with van der Waals surface area (Å²) >= 11 is 7.10. The maximum atomic E-state index is 13.0. The van der Waals surface area contributed by atoms with Crippen molar-refractivity contribution in [3.05, 3.63) is 45.6 Å². The molecule has 0 spiro atoms. The number of carbonyl (C=O) groups excluding carboxylic acids is 3. The van der Waals surface area contributed by atoms with Gasteiger partial charge in [-0.2, -0.15) is 0 Å². The van der Waals surface area contributed by atoms with Gasteiger partial charge in [0.2, 0.25) is 5.91 Å². The number of anilines is 2. The summed E-state index contributed by atoms with van der Waals surface area (Å²) in [7, 11) is 0. The van der Waals surface area contributed by atoms with Crippen molar-refractivity contribution < 1.29 is 19.1 Å². The van der Waals surface area contributed by atoms with Crippen molar-refractivity contribution in [1.29, 1.82) is 0 Å². The minimum Gasteiger partial charge on any atom is -0.370 e. The van der Waals surface area contributed by atoms with Gasteiger partial charge in [-0.3, -0.25) is 14.4 Å². The normalized spacial score (nSPS) is 17.5. The van der Waals surface area contributed by atoms with E-state index in [1.54, 1.807) is 41.3 Å². The lowest BCUT2D eigenvalue weighted by atomic mass is 9.92. The molecule has 1 aliphatic heterocycles. The number of nitrogens with one attached hydrogen (secondary N) is 3. The molecule has 8 nitrogen and oxygen atoms in total. The number of rotatable bonds is 8. The average molecular weight is 477 g/mol. The zero-order valence-electron chi connectivity index (χ0n) is 17.4. The van der Waals surface area contributed by atoms with E-state index >= 15 is 0 Å². The second-order valence-corrected chi connectivity index (χ2v) is 9.51. The molecular formula is C22H25ClN4O4S. The Morgan fingerprint density at radius 1 is 1.19 bits per heavy atom. The molecule has 1 saturated carbocycles. The molecule has 1 saturated heterocycles. The molecule has 2 heterocycles. The van der Waals surface area contributed by atoms with Crippen LogP contribution >= 0.6 is 22.9 Å². The summed E-state index contributed by atoms with van der Waals surface area (Å²) < 4.78 is 5.70. The fourth-order valence-corrected chi connectivity index (χ4v) is 4.51. The molecule has 3 N–H and O–H groups in total. The van der Waals surface area contributed by atoms with E-state index in [0.29, 0.717) is 28.1 Å². The lowest BCUT2D eigenvalue weighted by Crippen LogP contribution is -2.53. The van der Waals surface area contributed by atoms with Gasteiger partial charge in [0, 0.05) is 30.5 Å². The monoisotopic (exact) mass is 476 g/mol. The van der Waals surface area contributed by atoms with Gasteiger partial charge in [0.15, 0.2) is 0 Å². The third-order valence-corrected chi connectivity index (χ3v) is 6.78. The molecule has 2 aromatic rings. The Balaban J connectivity index is 1.37. The maximum absolute atomic E-state index is 13.0. The Labute approximate surface area is 195 Å². The van der Waals surface area contributed by atoms with Gasteiger partial charge in [0.05, 0.1) is 15.8 Å². The number of benzene rings is 1. The SMILES string of the molecule is O=C(NC[C@H](NC1CCC1)C(=O)Nc1ccc(N2CCOCC2=O)cc1)c1ccc(Cl)s1. The number of thiophene rings is 1. The third-order valence-electron chi connectivity index (χ3n) is 5.55. The number of hydrogen-bond donors (Lipinski definition) is 3. The zero-order chi connectivity index (χ0) is 22.5. The third kappa shape index (κ3) is 5.66. The number of ether oxygens (including phenoxy) is 1. The number of nitrogens with zero attached hydrogens (tertiary/aromatic N) is 1. The summed E-state index contributed by atoms with van der Waals surface area (Å²) in [6, 6.07) is 10.2. The highest BCUT2D eigenvalue weighted by Gasteiger charge is 2.27. The van der Waals surface area contributed by atoms with Gasteiger partial charge >= 0.3 is 0 Å². The smallest absolute Gasteiger partial charge is 0.261 e. The van der Waals surface area contributed by atoms with Crippen molar-refractivity contribution in [2.45, 2.75) is 31.3 Å². The molecule has 1 aromatic carbocycles. The molecule has 170 valence electrons. The van der Waals surface area contributed by atoms with Gasteiger partial charge in [-0.05, 0) is 49.2 Å². The molecule has 0 bridgehead atoms. The Kier molecular flexibility index (Phi) is 7.41. The Morgan fingerprint density at radius 3 is 2.59 bits per heavy atom. The molecule has 1 aliphatic carbocycles. The van der Waals surface area contributed by atoms with Crippen molar-refractivity contribution in [3.8, 4) is 0 Å². The standard InChI is InChI=1S/C22H25ClN4O4S/c23-19-9-8-18(32-19)22(30)24-12-17(25-14-2-1-3-14)21(29)26-15-4-6-16(7-5-15)27-10-11-31-13-20(27)28/h4-9,14,17,25H,1-3,10-13H2,(H,24,30)(H,26,29)/t17-/m0/s1. The van der Waals surface area contributed by atoms with Gasteiger partial charge < -0.3 is 25.6 Å². The van der Waals surface area contributed by atoms with E-state index in [9.17, 15) is 14.4 Å². The number of morpholine rings is 1. The highest BCUT2D eigenvalue weighted by molar-refractivity contribution is 7.18. The summed E-state index contributed by atoms with van der Waals surface area (Å²) in [6.07, 6.45) is 3.16. The molecule has 32 heavy (non-hydrogen) atoms. The topological polar surface area (TPSA) is 99.8 Å². The van der Waals surface area contributed by atoms with Crippen LogP contribution < -0.4 is 20.9 Å². The first-order chi connectivity index (χ1) is 15.5. The van der Waals surface area contributed by atoms with Crippen molar-refractivity contribution >= 4 is 52.0 Å². The lowest BCUT2D eigenvalue weighted by molar-refractivity contribution is -0.125. The summed E-state index contributed by atoms with van der Waals surface area (Å²) in [5.41, 5.74) is 1.39. The van der Waals surface area contributed by atoms with Crippen LogP contribution in [0.1, 0.15) is 28.9 Å². The highest BCUT2D eigenvalue weighted by Crippen LogP contribution is 2.22. The van der Waals surface area contributed by atoms with Crippen molar-refractivity contribution in [2.24, 2.45) is 0 Å². The number of hydrogen-bond acceptors (Lipinski definition) is 6. The van der Waals surface area contributed by atoms with Crippen LogP contribution in [0.3, 0.4) is 0 Å². The first kappa shape index (κ1) is 22.7. The van der Waals surface area contributed by atoms with Crippen LogP contribution in [0.2, 0.25) is 4.34 Å². The lowest BCUT2D eigenvalue weighted by Gasteiger charge is -2.31. The molecule has 2 aliphatic rings. The van der Waals surface area contributed by atoms with Crippen LogP contribution in [-0.2, 0) is 14.3 Å². The molecule has 3 amide bonds. The van der Waals surface area contributed by atoms with Crippen LogP contribution in [0, 0.1) is 0 Å². The summed E-state index contributed by atoms with van der Waals surface area (Å²) in [5, 5.41) is 9.07. The molecule has 4 rings (SSSR count). The van der Waals surface area contributed by atoms with E-state index < -0.39 is 6.04 Å². The van der Waals surface area contributed by atoms with Gasteiger partial charge in [0.25, 0.3) is 11.8 Å². The summed E-state index contributed by atoms with van der Waals surface area (Å²) in [5.74, 6) is -0.563. The maximum Gasteiger partial charge on any atom is 0.261 e. The van der Waals surface area contributed by atoms with Gasteiger partial charge in [-0.15, -0.1) is 11.3 Å². The average Bonchev–Trinajstić information content (AvgIpc) is 3.20. The summed E-state index contributed by atoms with van der Waals surface area (Å²) in [6.45, 7) is 1.25. The molecule has 1 aromatic heterocycles. The number of halogens is 1. The van der Waals surface area contributed by atoms with Gasteiger partial charge in [-0.1, -0.05) is 18.0 Å². The first-order valence-electron chi connectivity index (χ1n) is 10.6. The van der Waals surface area contributed by atoms with Crippen molar-refractivity contribution in [1.82, 2.24) is 10.6 Å². The molecule has 1 atom stereocenters. The van der Waals surface area contributed by atoms with Gasteiger partial charge in [0.1, 0.15) is 12.6 Å². The molecule has 10 heteroatoms. The van der Waals surface area contributed by atoms with E-state index in [1.165, 1.54) is 11.3 Å². The van der Waals surface area contributed by atoms with E-state index in [-0.39, 0.29) is 36.9 Å². The molecular weight excluding hydrogens is 452 g/mol. The fraction of sp³-hybridized carbons (Fsp3) is 0.409. The van der Waals surface area contributed by atoms with Crippen LogP contribution in [-0.4, -0.2) is 56.1 Å². The second-order valence-electron chi connectivity index (χ2n) is 7.79. The van der Waals surface area contributed by atoms with Crippen LogP contribution in [0.25, 0.3) is 0 Å². The van der Waals surface area contributed by atoms with Crippen LogP contribution in [0.15, 0.2) is 36.4 Å². The molecule has 0 radical (unpaired) electrons. The van der Waals surface area contributed by atoms with E-state index in [4.69, 9.17) is 16.3 Å². The highest BCUT2D eigenvalue weighted by atomic mass is 35.5. The van der Waals surface area contributed by atoms with E-state index in [1.807, 2.05) is 0 Å². The zero-order valence-corrected chi connectivity index (χ0v) is 19.0. The van der Waals surface area contributed by atoms with E-state index in [0.717, 1.165) is 24.9 Å². The van der Waals surface area contributed by atoms with Crippen LogP contribution in [0.5, 0.6) is 0 Å². The van der Waals surface area contributed by atoms with E-state index in [2.05, 4.69) is 16.0 Å². The quantitative estimate of drug-likeness (QED) is 0.544.